The summed E-state index contributed by atoms with van der Waals surface area (Å²) in [7, 11) is 0. The first-order chi connectivity index (χ1) is 9.28. The zero-order valence-electron chi connectivity index (χ0n) is 13.0. The van der Waals surface area contributed by atoms with Crippen molar-refractivity contribution < 1.29 is 14.3 Å². The van der Waals surface area contributed by atoms with E-state index < -0.39 is 5.60 Å². The fourth-order valence-corrected chi connectivity index (χ4v) is 2.42. The molecule has 1 heterocycles. The maximum atomic E-state index is 12.2. The molecule has 1 aliphatic rings. The number of likely N-dealkylation sites (tertiary alicyclic amines) is 1. The lowest BCUT2D eigenvalue weighted by Crippen LogP contribution is -2.53. The van der Waals surface area contributed by atoms with E-state index >= 15 is 0 Å². The molecule has 0 aliphatic carbocycles. The molecule has 1 aliphatic heterocycles. The predicted octanol–water partition coefficient (Wildman–Crippen LogP) is 1.19. The van der Waals surface area contributed by atoms with Crippen molar-refractivity contribution >= 4 is 12.0 Å². The van der Waals surface area contributed by atoms with E-state index in [2.05, 4.69) is 0 Å². The number of nitrogens with zero attached hydrogens (tertiary/aromatic N) is 2. The monoisotopic (exact) mass is 285 g/mol. The molecular weight excluding hydrogens is 258 g/mol. The largest absolute Gasteiger partial charge is 0.444 e. The van der Waals surface area contributed by atoms with Crippen molar-refractivity contribution in [1.82, 2.24) is 9.80 Å². The van der Waals surface area contributed by atoms with Crippen molar-refractivity contribution in [2.45, 2.75) is 52.2 Å². The third-order valence-electron chi connectivity index (χ3n) is 3.33. The van der Waals surface area contributed by atoms with E-state index in [0.717, 1.165) is 19.4 Å². The molecule has 0 bridgehead atoms. The van der Waals surface area contributed by atoms with E-state index in [9.17, 15) is 9.59 Å². The molecule has 20 heavy (non-hydrogen) atoms. The minimum absolute atomic E-state index is 0.0131. The lowest BCUT2D eigenvalue weighted by Gasteiger charge is -2.39. The Labute approximate surface area is 121 Å². The number of ether oxygens (including phenoxy) is 1. The molecule has 0 saturated carbocycles. The van der Waals surface area contributed by atoms with Crippen molar-refractivity contribution in [3.8, 4) is 0 Å². The maximum absolute atomic E-state index is 12.2. The quantitative estimate of drug-likeness (QED) is 0.845. The second-order valence-electron chi connectivity index (χ2n) is 6.11. The van der Waals surface area contributed by atoms with Gasteiger partial charge in [-0.15, -0.1) is 0 Å². The van der Waals surface area contributed by atoms with E-state index in [1.807, 2.05) is 27.7 Å². The molecule has 1 rings (SSSR count). The zero-order valence-corrected chi connectivity index (χ0v) is 13.0. The molecule has 0 aromatic rings. The Hall–Kier alpha value is -1.30. The Bertz CT molecular complexity index is 352. The third-order valence-corrected chi connectivity index (χ3v) is 3.33. The van der Waals surface area contributed by atoms with Crippen LogP contribution < -0.4 is 5.73 Å². The number of likely N-dealkylation sites (N-methyl/N-ethyl adjacent to an activating group) is 1. The molecule has 0 spiro atoms. The summed E-state index contributed by atoms with van der Waals surface area (Å²) in [6.45, 7) is 9.34. The summed E-state index contributed by atoms with van der Waals surface area (Å²) >= 11 is 0. The topological polar surface area (TPSA) is 75.9 Å². The summed E-state index contributed by atoms with van der Waals surface area (Å²) in [5, 5.41) is 0. The fourth-order valence-electron chi connectivity index (χ4n) is 2.42. The first kappa shape index (κ1) is 16.8. The van der Waals surface area contributed by atoms with Gasteiger partial charge >= 0.3 is 6.09 Å². The summed E-state index contributed by atoms with van der Waals surface area (Å²) < 4.78 is 5.42. The van der Waals surface area contributed by atoms with E-state index in [1.54, 1.807) is 9.80 Å². The lowest BCUT2D eigenvalue weighted by molar-refractivity contribution is -0.131. The van der Waals surface area contributed by atoms with Gasteiger partial charge in [-0.25, -0.2) is 4.79 Å². The molecule has 6 nitrogen and oxygen atoms in total. The molecule has 1 atom stereocenters. The number of hydrogen-bond donors (Lipinski definition) is 1. The number of amides is 2. The maximum Gasteiger partial charge on any atom is 0.410 e. The number of piperidine rings is 1. The molecule has 6 heteroatoms. The normalized spacial score (nSPS) is 19.6. The first-order valence-electron chi connectivity index (χ1n) is 7.26. The molecule has 0 aromatic heterocycles. The van der Waals surface area contributed by atoms with Gasteiger partial charge in [0, 0.05) is 19.6 Å². The standard InChI is InChI=1S/C14H27N3O3/c1-5-17(13(19)20-14(2,3)4)11-7-6-8-16(10-11)12(18)9-15/h11H,5-10,15H2,1-4H3/t11-/m0/s1. The Morgan fingerprint density at radius 3 is 2.55 bits per heavy atom. The van der Waals surface area contributed by atoms with Crippen LogP contribution in [-0.2, 0) is 9.53 Å². The summed E-state index contributed by atoms with van der Waals surface area (Å²) in [4.78, 5) is 27.3. The Morgan fingerprint density at radius 1 is 1.40 bits per heavy atom. The second kappa shape index (κ2) is 6.92. The van der Waals surface area contributed by atoms with Crippen LogP contribution in [0.25, 0.3) is 0 Å². The lowest BCUT2D eigenvalue weighted by atomic mass is 10.0. The van der Waals surface area contributed by atoms with E-state index in [1.165, 1.54) is 0 Å². The average Bonchev–Trinajstić information content (AvgIpc) is 2.37. The molecule has 0 unspecified atom stereocenters. The summed E-state index contributed by atoms with van der Waals surface area (Å²) in [5.74, 6) is -0.0602. The summed E-state index contributed by atoms with van der Waals surface area (Å²) in [6, 6.07) is 0.0131. The van der Waals surface area contributed by atoms with Gasteiger partial charge in [0.15, 0.2) is 0 Å². The Balaban J connectivity index is 2.69. The summed E-state index contributed by atoms with van der Waals surface area (Å²) in [5.41, 5.74) is 4.90. The zero-order chi connectivity index (χ0) is 15.3. The minimum Gasteiger partial charge on any atom is -0.444 e. The Morgan fingerprint density at radius 2 is 2.05 bits per heavy atom. The van der Waals surface area contributed by atoms with Gasteiger partial charge in [-0.2, -0.15) is 0 Å². The van der Waals surface area contributed by atoms with Gasteiger partial charge < -0.3 is 20.3 Å². The molecule has 0 aromatic carbocycles. The Kier molecular flexibility index (Phi) is 5.80. The van der Waals surface area contributed by atoms with E-state index in [0.29, 0.717) is 13.1 Å². The van der Waals surface area contributed by atoms with Crippen LogP contribution in [0.5, 0.6) is 0 Å². The third kappa shape index (κ3) is 4.67. The van der Waals surface area contributed by atoms with Crippen LogP contribution in [-0.4, -0.2) is 59.6 Å². The fraction of sp³-hybridized carbons (Fsp3) is 0.857. The van der Waals surface area contributed by atoms with Gasteiger partial charge in [0.1, 0.15) is 5.60 Å². The molecule has 116 valence electrons. The molecule has 1 saturated heterocycles. The van der Waals surface area contributed by atoms with Crippen LogP contribution >= 0.6 is 0 Å². The van der Waals surface area contributed by atoms with Crippen molar-refractivity contribution in [3.05, 3.63) is 0 Å². The van der Waals surface area contributed by atoms with Gasteiger partial charge in [-0.1, -0.05) is 0 Å². The van der Waals surface area contributed by atoms with Crippen LogP contribution in [0.1, 0.15) is 40.5 Å². The first-order valence-corrected chi connectivity index (χ1v) is 7.26. The van der Waals surface area contributed by atoms with E-state index in [-0.39, 0.29) is 24.6 Å². The van der Waals surface area contributed by atoms with Gasteiger partial charge in [-0.3, -0.25) is 4.79 Å². The van der Waals surface area contributed by atoms with E-state index in [4.69, 9.17) is 10.5 Å². The van der Waals surface area contributed by atoms with Gasteiger partial charge in [0.05, 0.1) is 12.6 Å². The van der Waals surface area contributed by atoms with Crippen molar-refractivity contribution in [3.63, 3.8) is 0 Å². The molecule has 2 N–H and O–H groups in total. The van der Waals surface area contributed by atoms with Gasteiger partial charge in [0.2, 0.25) is 5.91 Å². The smallest absolute Gasteiger partial charge is 0.410 e. The number of hydrogen-bond acceptors (Lipinski definition) is 4. The summed E-state index contributed by atoms with van der Waals surface area (Å²) in [6.07, 6.45) is 1.46. The van der Waals surface area contributed by atoms with Crippen molar-refractivity contribution in [1.29, 1.82) is 0 Å². The highest BCUT2D eigenvalue weighted by atomic mass is 16.6. The second-order valence-corrected chi connectivity index (χ2v) is 6.11. The van der Waals surface area contributed by atoms with Crippen LogP contribution in [0, 0.1) is 0 Å². The molecule has 2 amide bonds. The number of carbonyl (C=O) groups is 2. The van der Waals surface area contributed by atoms with Gasteiger partial charge in [-0.05, 0) is 40.5 Å². The van der Waals surface area contributed by atoms with Crippen molar-refractivity contribution in [2.75, 3.05) is 26.2 Å². The number of rotatable bonds is 3. The molecule has 1 fully saturated rings. The molecular formula is C14H27N3O3. The predicted molar refractivity (Wildman–Crippen MR) is 77.3 cm³/mol. The highest BCUT2D eigenvalue weighted by molar-refractivity contribution is 5.78. The highest BCUT2D eigenvalue weighted by Gasteiger charge is 2.31. The number of nitrogens with two attached hydrogens (primary N) is 1. The minimum atomic E-state index is -0.508. The van der Waals surface area contributed by atoms with Crippen LogP contribution in [0.2, 0.25) is 0 Å². The van der Waals surface area contributed by atoms with Gasteiger partial charge in [0.25, 0.3) is 0 Å². The molecule has 0 radical (unpaired) electrons. The average molecular weight is 285 g/mol. The number of carbonyl (C=O) groups excluding carboxylic acids is 2. The van der Waals surface area contributed by atoms with Crippen molar-refractivity contribution in [2.24, 2.45) is 5.73 Å². The van der Waals surface area contributed by atoms with Crippen LogP contribution in [0.4, 0.5) is 4.79 Å². The van der Waals surface area contributed by atoms with Crippen LogP contribution in [0.15, 0.2) is 0 Å². The SMILES string of the molecule is CCN(C(=O)OC(C)(C)C)[C@H]1CCCN(C(=O)CN)C1. The van der Waals surface area contributed by atoms with Crippen LogP contribution in [0.3, 0.4) is 0 Å². The highest BCUT2D eigenvalue weighted by Crippen LogP contribution is 2.19.